The lowest BCUT2D eigenvalue weighted by molar-refractivity contribution is 0.765. The first kappa shape index (κ1) is 8.86. The number of nitrogens with one attached hydrogen (secondary N) is 1. The number of hydrogen-bond acceptors (Lipinski definition) is 2. The van der Waals surface area contributed by atoms with Gasteiger partial charge in [-0.3, -0.25) is 4.98 Å². The van der Waals surface area contributed by atoms with Gasteiger partial charge in [0.1, 0.15) is 0 Å². The minimum atomic E-state index is 0.697. The monoisotopic (exact) mass is 198 g/mol. The predicted octanol–water partition coefficient (Wildman–Crippen LogP) is 2.31. The van der Waals surface area contributed by atoms with Crippen molar-refractivity contribution in [1.29, 1.82) is 0 Å². The fourth-order valence-electron chi connectivity index (χ4n) is 2.29. The molecule has 0 saturated carbocycles. The van der Waals surface area contributed by atoms with Crippen LogP contribution in [0.4, 0.5) is 0 Å². The lowest BCUT2D eigenvalue weighted by atomic mass is 9.96. The molecule has 1 aliphatic rings. The van der Waals surface area contributed by atoms with E-state index >= 15 is 0 Å². The summed E-state index contributed by atoms with van der Waals surface area (Å²) in [6.45, 7) is 2.27. The maximum atomic E-state index is 4.13. The van der Waals surface area contributed by atoms with Gasteiger partial charge in [-0.05, 0) is 35.9 Å². The van der Waals surface area contributed by atoms with Crippen molar-refractivity contribution in [3.63, 3.8) is 0 Å². The standard InChI is InChI=1S/C13H14N2/c1-2-12-8-14-5-3-11(12)7-10(1)13-4-6-15-9-13/h1-3,5,7-8,13,15H,4,6,9H2. The van der Waals surface area contributed by atoms with Crippen molar-refractivity contribution in [2.75, 3.05) is 13.1 Å². The molecule has 1 aromatic heterocycles. The fourth-order valence-corrected chi connectivity index (χ4v) is 2.29. The first-order valence-corrected chi connectivity index (χ1v) is 5.48. The molecule has 3 rings (SSSR count). The average molecular weight is 198 g/mol. The molecule has 0 aliphatic carbocycles. The average Bonchev–Trinajstić information content (AvgIpc) is 2.82. The highest BCUT2D eigenvalue weighted by atomic mass is 14.9. The Bertz CT molecular complexity index is 473. The van der Waals surface area contributed by atoms with Gasteiger partial charge in [-0.2, -0.15) is 0 Å². The Kier molecular flexibility index (Phi) is 2.14. The van der Waals surface area contributed by atoms with Crippen molar-refractivity contribution in [2.45, 2.75) is 12.3 Å². The second-order valence-electron chi connectivity index (χ2n) is 4.17. The molecule has 1 fully saturated rings. The number of nitrogens with zero attached hydrogens (tertiary/aromatic N) is 1. The van der Waals surface area contributed by atoms with Crippen LogP contribution in [0.25, 0.3) is 10.8 Å². The second-order valence-corrected chi connectivity index (χ2v) is 4.17. The van der Waals surface area contributed by atoms with E-state index in [1.807, 2.05) is 12.4 Å². The van der Waals surface area contributed by atoms with Crippen LogP contribution in [0, 0.1) is 0 Å². The normalized spacial score (nSPS) is 20.9. The van der Waals surface area contributed by atoms with Gasteiger partial charge in [0.15, 0.2) is 0 Å². The van der Waals surface area contributed by atoms with Crippen LogP contribution >= 0.6 is 0 Å². The highest BCUT2D eigenvalue weighted by Gasteiger charge is 2.16. The van der Waals surface area contributed by atoms with Crippen LogP contribution in [-0.2, 0) is 0 Å². The Labute approximate surface area is 89.3 Å². The number of aromatic nitrogens is 1. The van der Waals surface area contributed by atoms with Gasteiger partial charge in [0, 0.05) is 24.3 Å². The summed E-state index contributed by atoms with van der Waals surface area (Å²) in [6.07, 6.45) is 5.04. The van der Waals surface area contributed by atoms with Gasteiger partial charge in [-0.25, -0.2) is 0 Å². The molecule has 0 radical (unpaired) electrons. The van der Waals surface area contributed by atoms with Crippen LogP contribution in [0.3, 0.4) is 0 Å². The summed E-state index contributed by atoms with van der Waals surface area (Å²) in [5.41, 5.74) is 1.46. The topological polar surface area (TPSA) is 24.9 Å². The zero-order chi connectivity index (χ0) is 10.1. The first-order valence-electron chi connectivity index (χ1n) is 5.48. The maximum absolute atomic E-state index is 4.13. The predicted molar refractivity (Wildman–Crippen MR) is 62.0 cm³/mol. The third kappa shape index (κ3) is 1.61. The molecule has 1 saturated heterocycles. The minimum absolute atomic E-state index is 0.697. The number of fused-ring (bicyclic) bond motifs is 1. The van der Waals surface area contributed by atoms with Crippen molar-refractivity contribution < 1.29 is 0 Å². The summed E-state index contributed by atoms with van der Waals surface area (Å²) in [5, 5.41) is 5.94. The van der Waals surface area contributed by atoms with Crippen molar-refractivity contribution in [1.82, 2.24) is 10.3 Å². The van der Waals surface area contributed by atoms with Crippen molar-refractivity contribution >= 4 is 10.8 Å². The Balaban J connectivity index is 2.05. The molecule has 0 amide bonds. The van der Waals surface area contributed by atoms with Crippen LogP contribution in [-0.4, -0.2) is 18.1 Å². The van der Waals surface area contributed by atoms with Gasteiger partial charge in [0.2, 0.25) is 0 Å². The molecule has 2 aromatic rings. The lowest BCUT2D eigenvalue weighted by Crippen LogP contribution is -2.07. The number of benzene rings is 1. The molecule has 2 heterocycles. The van der Waals surface area contributed by atoms with E-state index in [-0.39, 0.29) is 0 Å². The van der Waals surface area contributed by atoms with Crippen molar-refractivity contribution in [3.8, 4) is 0 Å². The van der Waals surface area contributed by atoms with E-state index in [1.54, 1.807) is 0 Å². The van der Waals surface area contributed by atoms with Crippen LogP contribution in [0.1, 0.15) is 17.9 Å². The molecule has 1 N–H and O–H groups in total. The van der Waals surface area contributed by atoms with Gasteiger partial charge in [-0.1, -0.05) is 18.2 Å². The van der Waals surface area contributed by atoms with Crippen LogP contribution in [0.15, 0.2) is 36.7 Å². The zero-order valence-corrected chi connectivity index (χ0v) is 8.61. The van der Waals surface area contributed by atoms with Crippen LogP contribution in [0.2, 0.25) is 0 Å². The zero-order valence-electron chi connectivity index (χ0n) is 8.61. The highest BCUT2D eigenvalue weighted by molar-refractivity contribution is 5.82. The molecule has 15 heavy (non-hydrogen) atoms. The molecule has 0 spiro atoms. The molecule has 1 unspecified atom stereocenters. The largest absolute Gasteiger partial charge is 0.316 e. The molecule has 1 aromatic carbocycles. The van der Waals surface area contributed by atoms with Crippen molar-refractivity contribution in [2.24, 2.45) is 0 Å². The summed E-state index contributed by atoms with van der Waals surface area (Å²) in [6, 6.07) is 8.80. The van der Waals surface area contributed by atoms with E-state index in [0.29, 0.717) is 5.92 Å². The Morgan fingerprint density at radius 2 is 2.20 bits per heavy atom. The summed E-state index contributed by atoms with van der Waals surface area (Å²) >= 11 is 0. The third-order valence-electron chi connectivity index (χ3n) is 3.20. The van der Waals surface area contributed by atoms with Crippen LogP contribution in [0.5, 0.6) is 0 Å². The molecule has 0 bridgehead atoms. The minimum Gasteiger partial charge on any atom is -0.316 e. The summed E-state index contributed by atoms with van der Waals surface area (Å²) in [5.74, 6) is 0.697. The van der Waals surface area contributed by atoms with Crippen molar-refractivity contribution in [3.05, 3.63) is 42.2 Å². The SMILES string of the molecule is c1cc2cc(C3CCNC3)ccc2cn1. The Morgan fingerprint density at radius 3 is 3.07 bits per heavy atom. The number of pyridine rings is 1. The molecule has 2 heteroatoms. The van der Waals surface area contributed by atoms with E-state index in [1.165, 1.54) is 22.8 Å². The lowest BCUT2D eigenvalue weighted by Gasteiger charge is -2.09. The summed E-state index contributed by atoms with van der Waals surface area (Å²) in [4.78, 5) is 4.13. The fraction of sp³-hybridized carbons (Fsp3) is 0.308. The van der Waals surface area contributed by atoms with Gasteiger partial charge in [0.05, 0.1) is 0 Å². The summed E-state index contributed by atoms with van der Waals surface area (Å²) < 4.78 is 0. The van der Waals surface area contributed by atoms with E-state index in [2.05, 4.69) is 34.6 Å². The third-order valence-corrected chi connectivity index (χ3v) is 3.20. The number of rotatable bonds is 1. The smallest absolute Gasteiger partial charge is 0.0346 e. The Hall–Kier alpha value is -1.41. The van der Waals surface area contributed by atoms with E-state index in [9.17, 15) is 0 Å². The first-order chi connectivity index (χ1) is 7.43. The molecule has 76 valence electrons. The summed E-state index contributed by atoms with van der Waals surface area (Å²) in [7, 11) is 0. The molecule has 1 aliphatic heterocycles. The van der Waals surface area contributed by atoms with E-state index in [0.717, 1.165) is 13.1 Å². The molecule has 1 atom stereocenters. The Morgan fingerprint density at radius 1 is 1.20 bits per heavy atom. The van der Waals surface area contributed by atoms with Gasteiger partial charge < -0.3 is 5.32 Å². The maximum Gasteiger partial charge on any atom is 0.0346 e. The molecular formula is C13H14N2. The van der Waals surface area contributed by atoms with Crippen LogP contribution < -0.4 is 5.32 Å². The highest BCUT2D eigenvalue weighted by Crippen LogP contribution is 2.25. The van der Waals surface area contributed by atoms with E-state index < -0.39 is 0 Å². The van der Waals surface area contributed by atoms with E-state index in [4.69, 9.17) is 0 Å². The second kappa shape index (κ2) is 3.63. The molecular weight excluding hydrogens is 184 g/mol. The van der Waals surface area contributed by atoms with Gasteiger partial charge in [-0.15, -0.1) is 0 Å². The quantitative estimate of drug-likeness (QED) is 0.760. The van der Waals surface area contributed by atoms with Gasteiger partial charge in [0.25, 0.3) is 0 Å². The molecule has 2 nitrogen and oxygen atoms in total. The number of hydrogen-bond donors (Lipinski definition) is 1. The van der Waals surface area contributed by atoms with Gasteiger partial charge >= 0.3 is 0 Å².